The van der Waals surface area contributed by atoms with Crippen molar-refractivity contribution in [1.82, 2.24) is 9.44 Å². The van der Waals surface area contributed by atoms with E-state index in [0.29, 0.717) is 0 Å². The number of esters is 2. The standard InChI is InChI=1S/C36H38N4O12S2/c1-25-3-15-31(16-4-25)53(45,46)39-35(43)37-29-11-7-27(8-12-29)33(41)51-23-21-49-19-20-50-22-24-52-34(42)28-9-13-30(14-10-28)38-36(44)40-54(47,48)32-17-5-26(2)6-18-32/h3-18H,19-24H2,1-2H3,(H2,37,39,43)(H2,38,40,44). The number of benzene rings is 4. The summed E-state index contributed by atoms with van der Waals surface area (Å²) in [4.78, 5) is 48.9. The van der Waals surface area contributed by atoms with Crippen molar-refractivity contribution in [2.45, 2.75) is 23.6 Å². The van der Waals surface area contributed by atoms with E-state index in [1.807, 2.05) is 9.44 Å². The number of amides is 4. The van der Waals surface area contributed by atoms with E-state index in [2.05, 4.69) is 10.6 Å². The van der Waals surface area contributed by atoms with Gasteiger partial charge in [-0.3, -0.25) is 0 Å². The molecule has 0 aromatic heterocycles. The topological polar surface area (TPSA) is 222 Å². The fourth-order valence-corrected chi connectivity index (χ4v) is 6.18. The molecule has 4 N–H and O–H groups in total. The summed E-state index contributed by atoms with van der Waals surface area (Å²) in [6.45, 7) is 4.08. The molecule has 4 rings (SSSR count). The Morgan fingerprint density at radius 1 is 0.463 bits per heavy atom. The van der Waals surface area contributed by atoms with Crippen LogP contribution >= 0.6 is 0 Å². The summed E-state index contributed by atoms with van der Waals surface area (Å²) in [7, 11) is -8.13. The molecule has 0 heterocycles. The number of aryl methyl sites for hydroxylation is 2. The SMILES string of the molecule is Cc1ccc(S(=O)(=O)NC(=O)Nc2ccc(C(=O)OCCOCCOCCOC(=O)c3ccc(NC(=O)NS(=O)(=O)c4ccc(C)cc4)cc3)cc2)cc1. The van der Waals surface area contributed by atoms with Crippen molar-refractivity contribution >= 4 is 55.4 Å². The van der Waals surface area contributed by atoms with Crippen molar-refractivity contribution in [3.63, 3.8) is 0 Å². The summed E-state index contributed by atoms with van der Waals surface area (Å²) in [6.07, 6.45) is 0. The maximum absolute atomic E-state index is 12.4. The van der Waals surface area contributed by atoms with Gasteiger partial charge in [0.15, 0.2) is 0 Å². The lowest BCUT2D eigenvalue weighted by Crippen LogP contribution is -2.34. The zero-order valence-electron chi connectivity index (χ0n) is 29.2. The molecule has 0 aliphatic rings. The zero-order chi connectivity index (χ0) is 39.1. The van der Waals surface area contributed by atoms with Crippen molar-refractivity contribution in [2.75, 3.05) is 50.3 Å². The van der Waals surface area contributed by atoms with Crippen molar-refractivity contribution < 1.29 is 55.0 Å². The molecular weight excluding hydrogens is 745 g/mol. The van der Waals surface area contributed by atoms with Crippen LogP contribution in [-0.2, 0) is 39.0 Å². The third-order valence-corrected chi connectivity index (χ3v) is 9.86. The van der Waals surface area contributed by atoms with E-state index in [1.54, 1.807) is 38.1 Å². The first-order valence-electron chi connectivity index (χ1n) is 16.2. The molecule has 0 bridgehead atoms. The predicted molar refractivity (Wildman–Crippen MR) is 196 cm³/mol. The van der Waals surface area contributed by atoms with E-state index in [4.69, 9.17) is 18.9 Å². The van der Waals surface area contributed by atoms with Gasteiger partial charge in [-0.2, -0.15) is 0 Å². The molecule has 0 atom stereocenters. The minimum Gasteiger partial charge on any atom is -0.460 e. The molecule has 0 radical (unpaired) electrons. The lowest BCUT2D eigenvalue weighted by atomic mass is 10.2. The second kappa shape index (κ2) is 19.3. The number of rotatable bonds is 17. The van der Waals surface area contributed by atoms with E-state index in [9.17, 15) is 36.0 Å². The van der Waals surface area contributed by atoms with Crippen LogP contribution in [0.25, 0.3) is 0 Å². The predicted octanol–water partition coefficient (Wildman–Crippen LogP) is 4.37. The van der Waals surface area contributed by atoms with Gasteiger partial charge in [-0.1, -0.05) is 35.4 Å². The summed E-state index contributed by atoms with van der Waals surface area (Å²) < 4.78 is 74.4. The zero-order valence-corrected chi connectivity index (χ0v) is 30.8. The first-order chi connectivity index (χ1) is 25.7. The van der Waals surface area contributed by atoms with Gasteiger partial charge in [-0.25, -0.2) is 45.5 Å². The first-order valence-corrected chi connectivity index (χ1v) is 19.2. The average Bonchev–Trinajstić information content (AvgIpc) is 3.12. The van der Waals surface area contributed by atoms with Gasteiger partial charge in [0.1, 0.15) is 13.2 Å². The van der Waals surface area contributed by atoms with Crippen LogP contribution in [0.3, 0.4) is 0 Å². The fourth-order valence-electron chi connectivity index (χ4n) is 4.36. The van der Waals surface area contributed by atoms with Crippen molar-refractivity contribution in [3.05, 3.63) is 119 Å². The van der Waals surface area contributed by atoms with Gasteiger partial charge >= 0.3 is 24.0 Å². The molecule has 4 amide bonds. The highest BCUT2D eigenvalue weighted by molar-refractivity contribution is 7.90. The van der Waals surface area contributed by atoms with E-state index in [-0.39, 0.29) is 71.9 Å². The minimum atomic E-state index is -4.06. The molecule has 16 nitrogen and oxygen atoms in total. The number of ether oxygens (including phenoxy) is 4. The van der Waals surface area contributed by atoms with E-state index >= 15 is 0 Å². The van der Waals surface area contributed by atoms with Gasteiger partial charge in [0.2, 0.25) is 0 Å². The van der Waals surface area contributed by atoms with Crippen molar-refractivity contribution in [2.24, 2.45) is 0 Å². The van der Waals surface area contributed by atoms with Crippen LogP contribution in [0.5, 0.6) is 0 Å². The molecule has 0 spiro atoms. The molecule has 0 unspecified atom stereocenters. The Morgan fingerprint density at radius 2 is 0.778 bits per heavy atom. The van der Waals surface area contributed by atoms with Gasteiger partial charge in [0.05, 0.1) is 47.3 Å². The van der Waals surface area contributed by atoms with Gasteiger partial charge < -0.3 is 29.6 Å². The van der Waals surface area contributed by atoms with Crippen LogP contribution in [-0.4, -0.2) is 80.5 Å². The first kappa shape index (κ1) is 40.9. The second-order valence-corrected chi connectivity index (χ2v) is 14.8. The van der Waals surface area contributed by atoms with Crippen molar-refractivity contribution in [1.29, 1.82) is 0 Å². The highest BCUT2D eigenvalue weighted by atomic mass is 32.2. The fraction of sp³-hybridized carbons (Fsp3) is 0.222. The smallest absolute Gasteiger partial charge is 0.338 e. The third kappa shape index (κ3) is 13.0. The Hall–Kier alpha value is -5.82. The third-order valence-electron chi connectivity index (χ3n) is 7.17. The molecule has 0 saturated heterocycles. The van der Waals surface area contributed by atoms with Crippen LogP contribution in [0, 0.1) is 13.8 Å². The number of hydrogen-bond donors (Lipinski definition) is 4. The number of urea groups is 2. The Balaban J connectivity index is 1.03. The highest BCUT2D eigenvalue weighted by Gasteiger charge is 2.19. The normalized spacial score (nSPS) is 11.2. The number of carbonyl (C=O) groups is 4. The number of nitrogens with one attached hydrogen (secondary N) is 4. The van der Waals surface area contributed by atoms with Crippen LogP contribution in [0.2, 0.25) is 0 Å². The van der Waals surface area contributed by atoms with Gasteiger partial charge in [-0.05, 0) is 86.6 Å². The number of anilines is 2. The Morgan fingerprint density at radius 3 is 1.11 bits per heavy atom. The van der Waals surface area contributed by atoms with Crippen LogP contribution in [0.15, 0.2) is 107 Å². The Labute approximate surface area is 312 Å². The van der Waals surface area contributed by atoms with Crippen molar-refractivity contribution in [3.8, 4) is 0 Å². The molecule has 0 aliphatic heterocycles. The molecule has 4 aromatic carbocycles. The van der Waals surface area contributed by atoms with Crippen LogP contribution in [0.1, 0.15) is 31.8 Å². The molecular formula is C36H38N4O12S2. The summed E-state index contributed by atoms with van der Waals surface area (Å²) >= 11 is 0. The minimum absolute atomic E-state index is 0.0404. The summed E-state index contributed by atoms with van der Waals surface area (Å²) in [5.74, 6) is -1.26. The number of hydrogen-bond acceptors (Lipinski definition) is 12. The highest BCUT2D eigenvalue weighted by Crippen LogP contribution is 2.15. The lowest BCUT2D eigenvalue weighted by molar-refractivity contribution is 0.00230. The van der Waals surface area contributed by atoms with Crippen LogP contribution < -0.4 is 20.1 Å². The maximum atomic E-state index is 12.4. The number of sulfonamides is 2. The maximum Gasteiger partial charge on any atom is 0.338 e. The van der Waals surface area contributed by atoms with Crippen LogP contribution in [0.4, 0.5) is 21.0 Å². The molecule has 0 saturated carbocycles. The monoisotopic (exact) mass is 782 g/mol. The Kier molecular flexibility index (Phi) is 14.6. The van der Waals surface area contributed by atoms with Gasteiger partial charge in [-0.15, -0.1) is 0 Å². The molecule has 286 valence electrons. The lowest BCUT2D eigenvalue weighted by Gasteiger charge is -2.10. The van der Waals surface area contributed by atoms with Gasteiger partial charge in [0, 0.05) is 11.4 Å². The number of carbonyl (C=O) groups excluding carboxylic acids is 4. The summed E-state index contributed by atoms with van der Waals surface area (Å²) in [5, 5.41) is 4.79. The molecule has 0 aliphatic carbocycles. The van der Waals surface area contributed by atoms with E-state index < -0.39 is 44.0 Å². The van der Waals surface area contributed by atoms with Gasteiger partial charge in [0.25, 0.3) is 20.0 Å². The molecule has 4 aromatic rings. The summed E-state index contributed by atoms with van der Waals surface area (Å²) in [5.41, 5.74) is 2.65. The quantitative estimate of drug-likeness (QED) is 0.0867. The molecule has 18 heteroatoms. The Bertz CT molecular complexity index is 1970. The average molecular weight is 783 g/mol. The second-order valence-electron chi connectivity index (χ2n) is 11.4. The molecule has 0 fully saturated rings. The largest absolute Gasteiger partial charge is 0.460 e. The molecule has 54 heavy (non-hydrogen) atoms. The summed E-state index contributed by atoms with van der Waals surface area (Å²) in [6, 6.07) is 21.4. The van der Waals surface area contributed by atoms with E-state index in [1.165, 1.54) is 72.8 Å². The van der Waals surface area contributed by atoms with E-state index in [0.717, 1.165) is 11.1 Å².